The van der Waals surface area contributed by atoms with E-state index in [0.29, 0.717) is 30.7 Å². The van der Waals surface area contributed by atoms with Gasteiger partial charge in [0.15, 0.2) is 5.78 Å². The lowest BCUT2D eigenvalue weighted by Gasteiger charge is -2.29. The van der Waals surface area contributed by atoms with Gasteiger partial charge >= 0.3 is 0 Å². The minimum absolute atomic E-state index is 0.0373. The number of Topliss-reactive ketones (excluding diaryl/α,β-unsaturated/α-hetero) is 1. The quantitative estimate of drug-likeness (QED) is 0.618. The number of para-hydroxylation sites is 1. The van der Waals surface area contributed by atoms with Crippen molar-refractivity contribution in [2.75, 3.05) is 0 Å². The number of pyridine rings is 1. The van der Waals surface area contributed by atoms with Gasteiger partial charge in [0.2, 0.25) is 0 Å². The van der Waals surface area contributed by atoms with Gasteiger partial charge in [-0.1, -0.05) is 56.3 Å². The Morgan fingerprint density at radius 1 is 1.00 bits per heavy atom. The second-order valence-electron chi connectivity index (χ2n) is 8.95. The van der Waals surface area contributed by atoms with Gasteiger partial charge in [0, 0.05) is 24.2 Å². The number of hydrogen-bond donors (Lipinski definition) is 2. The van der Waals surface area contributed by atoms with Crippen LogP contribution in [-0.2, 0) is 19.6 Å². The van der Waals surface area contributed by atoms with E-state index in [1.807, 2.05) is 68.4 Å². The number of aromatic nitrogens is 1. The van der Waals surface area contributed by atoms with Crippen molar-refractivity contribution in [2.45, 2.75) is 39.8 Å². The second kappa shape index (κ2) is 8.83. The maximum absolute atomic E-state index is 12.6. The van der Waals surface area contributed by atoms with Crippen molar-refractivity contribution in [3.8, 4) is 5.75 Å². The molecule has 0 fully saturated rings. The second-order valence-corrected chi connectivity index (χ2v) is 8.95. The van der Waals surface area contributed by atoms with Crippen molar-refractivity contribution < 1.29 is 14.3 Å². The third-order valence-electron chi connectivity index (χ3n) is 5.59. The van der Waals surface area contributed by atoms with Crippen molar-refractivity contribution in [1.29, 1.82) is 0 Å². The smallest absolute Gasteiger partial charge is 0.261 e. The summed E-state index contributed by atoms with van der Waals surface area (Å²) in [5, 5.41) is 2.77. The third kappa shape index (κ3) is 4.97. The molecule has 6 nitrogen and oxygen atoms in total. The SMILES string of the molecule is CC1(C)CC(=O)c2cc(C(=O)NCc3ccc(COc4ccccc4)cc3)c(=O)[nH]c2C1. The average Bonchev–Trinajstić information content (AvgIpc) is 2.76. The molecule has 32 heavy (non-hydrogen) atoms. The summed E-state index contributed by atoms with van der Waals surface area (Å²) < 4.78 is 5.73. The number of nitrogens with one attached hydrogen (secondary N) is 2. The van der Waals surface area contributed by atoms with Gasteiger partial charge in [-0.15, -0.1) is 0 Å². The summed E-state index contributed by atoms with van der Waals surface area (Å²) in [7, 11) is 0. The first kappa shape index (κ1) is 21.6. The van der Waals surface area contributed by atoms with Crippen LogP contribution in [-0.4, -0.2) is 16.7 Å². The summed E-state index contributed by atoms with van der Waals surface area (Å²) in [6.45, 7) is 4.71. The maximum Gasteiger partial charge on any atom is 0.261 e. The van der Waals surface area contributed by atoms with Crippen molar-refractivity contribution >= 4 is 11.7 Å². The summed E-state index contributed by atoms with van der Waals surface area (Å²) in [5.74, 6) is 0.263. The van der Waals surface area contributed by atoms with E-state index in [2.05, 4.69) is 10.3 Å². The standard InChI is InChI=1S/C26H26N2O4/c1-26(2)13-22-20(23(29)14-26)12-21(25(31)28-22)24(30)27-15-17-8-10-18(11-9-17)16-32-19-6-4-3-5-7-19/h3-12H,13-16H2,1-2H3,(H,27,30)(H,28,31). The Morgan fingerprint density at radius 3 is 2.41 bits per heavy atom. The predicted molar refractivity (Wildman–Crippen MR) is 122 cm³/mol. The molecule has 1 aliphatic carbocycles. The fraction of sp³-hybridized carbons (Fsp3) is 0.269. The molecule has 0 atom stereocenters. The first-order chi connectivity index (χ1) is 15.3. The molecule has 1 amide bonds. The van der Waals surface area contributed by atoms with E-state index >= 15 is 0 Å². The van der Waals surface area contributed by atoms with Gasteiger partial charge < -0.3 is 15.0 Å². The Hall–Kier alpha value is -3.67. The molecule has 6 heteroatoms. The number of carbonyl (C=O) groups excluding carboxylic acids is 2. The van der Waals surface area contributed by atoms with Gasteiger partial charge in [-0.05, 0) is 41.2 Å². The monoisotopic (exact) mass is 430 g/mol. The Balaban J connectivity index is 1.38. The van der Waals surface area contributed by atoms with E-state index < -0.39 is 11.5 Å². The summed E-state index contributed by atoms with van der Waals surface area (Å²) in [5.41, 5.74) is 2.25. The number of hydrogen-bond acceptors (Lipinski definition) is 4. The molecule has 4 rings (SSSR count). The van der Waals surface area contributed by atoms with Crippen molar-refractivity contribution in [3.63, 3.8) is 0 Å². The number of carbonyl (C=O) groups is 2. The van der Waals surface area contributed by atoms with Gasteiger partial charge in [0.05, 0.1) is 0 Å². The van der Waals surface area contributed by atoms with Gasteiger partial charge in [0.1, 0.15) is 17.9 Å². The number of H-pyrrole nitrogens is 1. The average molecular weight is 431 g/mol. The molecule has 0 saturated heterocycles. The summed E-state index contributed by atoms with van der Waals surface area (Å²) in [6.07, 6.45) is 0.999. The van der Waals surface area contributed by atoms with Crippen LogP contribution >= 0.6 is 0 Å². The first-order valence-corrected chi connectivity index (χ1v) is 10.6. The van der Waals surface area contributed by atoms with E-state index in [0.717, 1.165) is 16.9 Å². The van der Waals surface area contributed by atoms with Crippen LogP contribution in [0.5, 0.6) is 5.75 Å². The maximum atomic E-state index is 12.6. The molecule has 3 aromatic rings. The van der Waals surface area contributed by atoms with Gasteiger partial charge in [-0.3, -0.25) is 14.4 Å². The predicted octanol–water partition coefficient (Wildman–Crippen LogP) is 4.04. The molecule has 2 N–H and O–H groups in total. The zero-order valence-corrected chi connectivity index (χ0v) is 18.2. The van der Waals surface area contributed by atoms with Crippen LogP contribution in [0.2, 0.25) is 0 Å². The lowest BCUT2D eigenvalue weighted by molar-refractivity contribution is 0.0910. The molecule has 0 spiro atoms. The molecule has 164 valence electrons. The fourth-order valence-corrected chi connectivity index (χ4v) is 3.91. The van der Waals surface area contributed by atoms with Crippen molar-refractivity contribution in [1.82, 2.24) is 10.3 Å². The van der Waals surface area contributed by atoms with Crippen molar-refractivity contribution in [2.24, 2.45) is 5.41 Å². The number of benzene rings is 2. The molecule has 0 saturated carbocycles. The molecule has 0 bridgehead atoms. The lowest BCUT2D eigenvalue weighted by Crippen LogP contribution is -2.34. The summed E-state index contributed by atoms with van der Waals surface area (Å²) >= 11 is 0. The number of rotatable bonds is 6. The van der Waals surface area contributed by atoms with Crippen LogP contribution in [0.1, 0.15) is 57.8 Å². The van der Waals surface area contributed by atoms with E-state index in [1.54, 1.807) is 0 Å². The molecule has 1 aromatic heterocycles. The van der Waals surface area contributed by atoms with Crippen LogP contribution < -0.4 is 15.6 Å². The molecule has 2 aromatic carbocycles. The topological polar surface area (TPSA) is 88.3 Å². The molecule has 0 aliphatic heterocycles. The van der Waals surface area contributed by atoms with Crippen LogP contribution in [0.25, 0.3) is 0 Å². The van der Waals surface area contributed by atoms with E-state index in [9.17, 15) is 14.4 Å². The van der Waals surface area contributed by atoms with Gasteiger partial charge in [-0.2, -0.15) is 0 Å². The highest BCUT2D eigenvalue weighted by atomic mass is 16.5. The van der Waals surface area contributed by atoms with E-state index in [4.69, 9.17) is 4.74 Å². The van der Waals surface area contributed by atoms with Gasteiger partial charge in [-0.25, -0.2) is 0 Å². The van der Waals surface area contributed by atoms with E-state index in [1.165, 1.54) is 6.07 Å². The van der Waals surface area contributed by atoms with Crippen LogP contribution in [0.4, 0.5) is 0 Å². The van der Waals surface area contributed by atoms with Crippen LogP contribution in [0.3, 0.4) is 0 Å². The largest absolute Gasteiger partial charge is 0.489 e. The van der Waals surface area contributed by atoms with Gasteiger partial charge in [0.25, 0.3) is 11.5 Å². The number of amides is 1. The highest BCUT2D eigenvalue weighted by molar-refractivity contribution is 6.02. The number of aromatic amines is 1. The normalized spacial score (nSPS) is 14.5. The van der Waals surface area contributed by atoms with Crippen LogP contribution in [0.15, 0.2) is 65.5 Å². The minimum atomic E-state index is -0.497. The van der Waals surface area contributed by atoms with Crippen molar-refractivity contribution in [3.05, 3.63) is 99.0 Å². The molecular weight excluding hydrogens is 404 g/mol. The Bertz CT molecular complexity index is 1190. The first-order valence-electron chi connectivity index (χ1n) is 10.6. The minimum Gasteiger partial charge on any atom is -0.489 e. The number of fused-ring (bicyclic) bond motifs is 1. The highest BCUT2D eigenvalue weighted by Gasteiger charge is 2.32. The summed E-state index contributed by atoms with van der Waals surface area (Å²) in [6, 6.07) is 18.7. The zero-order chi connectivity index (χ0) is 22.7. The molecule has 1 aliphatic rings. The Labute approximate surface area is 186 Å². The lowest BCUT2D eigenvalue weighted by atomic mass is 9.75. The Kier molecular flexibility index (Phi) is 5.95. The number of ketones is 1. The zero-order valence-electron chi connectivity index (χ0n) is 18.2. The molecular formula is C26H26N2O4. The molecule has 0 radical (unpaired) electrons. The number of ether oxygens (including phenoxy) is 1. The summed E-state index contributed by atoms with van der Waals surface area (Å²) in [4.78, 5) is 40.3. The molecule has 1 heterocycles. The Morgan fingerprint density at radius 2 is 1.69 bits per heavy atom. The van der Waals surface area contributed by atoms with E-state index in [-0.39, 0.29) is 23.3 Å². The van der Waals surface area contributed by atoms with Crippen LogP contribution in [0, 0.1) is 5.41 Å². The third-order valence-corrected chi connectivity index (χ3v) is 5.59. The fourth-order valence-electron chi connectivity index (χ4n) is 3.91. The molecule has 0 unspecified atom stereocenters. The highest BCUT2D eigenvalue weighted by Crippen LogP contribution is 2.33.